The van der Waals surface area contributed by atoms with Gasteiger partial charge in [-0.2, -0.15) is 0 Å². The second-order valence-corrected chi connectivity index (χ2v) is 9.11. The van der Waals surface area contributed by atoms with Gasteiger partial charge in [-0.05, 0) is 54.8 Å². The molecule has 4 heterocycles. The van der Waals surface area contributed by atoms with Gasteiger partial charge in [0.25, 0.3) is 5.56 Å². The van der Waals surface area contributed by atoms with E-state index in [0.717, 1.165) is 30.2 Å². The number of carbonyl (C=O) groups excluding carboxylic acids is 1. The first kappa shape index (κ1) is 23.0. The third kappa shape index (κ3) is 4.62. The maximum atomic E-state index is 14.6. The average Bonchev–Trinajstić information content (AvgIpc) is 3.22. The second-order valence-electron chi connectivity index (χ2n) is 9.11. The van der Waals surface area contributed by atoms with E-state index in [1.165, 1.54) is 27.8 Å². The van der Waals surface area contributed by atoms with Crippen LogP contribution in [0.5, 0.6) is 5.88 Å². The van der Waals surface area contributed by atoms with Crippen molar-refractivity contribution in [2.24, 2.45) is 7.05 Å². The van der Waals surface area contributed by atoms with Gasteiger partial charge in [0.15, 0.2) is 5.82 Å². The lowest BCUT2D eigenvalue weighted by Crippen LogP contribution is -2.27. The fourth-order valence-electron chi connectivity index (χ4n) is 4.72. The summed E-state index contributed by atoms with van der Waals surface area (Å²) in [5.74, 6) is 0.638. The van der Waals surface area contributed by atoms with Crippen molar-refractivity contribution in [2.75, 3.05) is 18.1 Å². The van der Waals surface area contributed by atoms with Crippen molar-refractivity contribution >= 4 is 22.8 Å². The molecule has 8 nitrogen and oxygen atoms in total. The van der Waals surface area contributed by atoms with Crippen LogP contribution >= 0.6 is 0 Å². The topological polar surface area (TPSA) is 86.5 Å². The van der Waals surface area contributed by atoms with Crippen LogP contribution < -0.4 is 15.2 Å². The van der Waals surface area contributed by atoms with Gasteiger partial charge in [0.2, 0.25) is 5.88 Å². The quantitative estimate of drug-likeness (QED) is 0.376. The average molecular weight is 479 g/mol. The first-order valence-electron chi connectivity index (χ1n) is 11.8. The van der Waals surface area contributed by atoms with Crippen LogP contribution in [0.4, 0.5) is 15.0 Å². The zero-order valence-corrected chi connectivity index (χ0v) is 19.6. The van der Waals surface area contributed by atoms with Gasteiger partial charge in [-0.25, -0.2) is 19.2 Å². The maximum absolute atomic E-state index is 14.6. The van der Waals surface area contributed by atoms with Gasteiger partial charge in [0.1, 0.15) is 24.2 Å². The molecule has 1 fully saturated rings. The predicted octanol–water partition coefficient (Wildman–Crippen LogP) is 4.09. The largest absolute Gasteiger partial charge is 0.472 e. The number of amides is 1. The van der Waals surface area contributed by atoms with Crippen LogP contribution in [0.15, 0.2) is 47.4 Å². The molecule has 2 aliphatic rings. The number of fused-ring (bicyclic) bond motifs is 2. The van der Waals surface area contributed by atoms with Crippen molar-refractivity contribution in [3.8, 4) is 5.88 Å². The van der Waals surface area contributed by atoms with Crippen molar-refractivity contribution in [3.63, 3.8) is 0 Å². The van der Waals surface area contributed by atoms with Crippen molar-refractivity contribution in [1.29, 1.82) is 0 Å². The number of benzene rings is 1. The fraction of sp³-hybridized carbons (Fsp3) is 0.385. The molecular formula is C26H27FN4O4. The monoisotopic (exact) mass is 478 g/mol. The molecule has 0 bridgehead atoms. The minimum Gasteiger partial charge on any atom is -0.472 e. The van der Waals surface area contributed by atoms with Crippen molar-refractivity contribution in [1.82, 2.24) is 14.5 Å². The highest BCUT2D eigenvalue weighted by Gasteiger charge is 2.33. The van der Waals surface area contributed by atoms with Crippen LogP contribution in [-0.2, 0) is 24.6 Å². The SMILES string of the molecule is C=C1COc2ncc(N3C[C@@H](CCCCCc4c(F)ccc5ccc(=O)n(C)c45)OC3=O)nc2C1. The Morgan fingerprint density at radius 1 is 1.17 bits per heavy atom. The summed E-state index contributed by atoms with van der Waals surface area (Å²) in [5, 5.41) is 0.850. The van der Waals surface area contributed by atoms with E-state index in [1.807, 2.05) is 0 Å². The van der Waals surface area contributed by atoms with E-state index in [9.17, 15) is 14.0 Å². The van der Waals surface area contributed by atoms with E-state index in [1.54, 1.807) is 19.2 Å². The number of aryl methyl sites for hydroxylation is 2. The van der Waals surface area contributed by atoms with Crippen molar-refractivity contribution < 1.29 is 18.7 Å². The summed E-state index contributed by atoms with van der Waals surface area (Å²) < 4.78 is 27.1. The summed E-state index contributed by atoms with van der Waals surface area (Å²) in [7, 11) is 1.67. The number of cyclic esters (lactones) is 1. The first-order valence-corrected chi connectivity index (χ1v) is 11.8. The summed E-state index contributed by atoms with van der Waals surface area (Å²) in [6.07, 6.45) is 5.13. The lowest BCUT2D eigenvalue weighted by molar-refractivity contribution is 0.135. The molecule has 9 heteroatoms. The molecule has 0 aliphatic carbocycles. The third-order valence-electron chi connectivity index (χ3n) is 6.56. The molecule has 0 spiro atoms. The Bertz CT molecular complexity index is 1370. The number of anilines is 1. The predicted molar refractivity (Wildman–Crippen MR) is 129 cm³/mol. The van der Waals surface area contributed by atoms with E-state index in [4.69, 9.17) is 9.47 Å². The maximum Gasteiger partial charge on any atom is 0.415 e. The highest BCUT2D eigenvalue weighted by atomic mass is 19.1. The fourth-order valence-corrected chi connectivity index (χ4v) is 4.72. The molecule has 1 atom stereocenters. The van der Waals surface area contributed by atoms with Gasteiger partial charge in [0.05, 0.1) is 18.3 Å². The minimum atomic E-state index is -0.432. The van der Waals surface area contributed by atoms with Crippen LogP contribution in [0.3, 0.4) is 0 Å². The van der Waals surface area contributed by atoms with Crippen LogP contribution in [0.25, 0.3) is 10.9 Å². The summed E-state index contributed by atoms with van der Waals surface area (Å²) in [5.41, 5.74) is 2.65. The number of halogens is 1. The van der Waals surface area contributed by atoms with E-state index in [2.05, 4.69) is 16.5 Å². The molecule has 1 aromatic carbocycles. The number of rotatable bonds is 7. The lowest BCUT2D eigenvalue weighted by Gasteiger charge is -2.19. The van der Waals surface area contributed by atoms with Gasteiger partial charge in [-0.1, -0.05) is 13.0 Å². The number of aromatic nitrogens is 3. The number of nitrogens with zero attached hydrogens (tertiary/aromatic N) is 4. The standard InChI is InChI=1S/C26H27FN4O4/c1-16-12-21-25(34-15-16)28-13-22(29-21)31-14-18(35-26(31)33)6-4-3-5-7-19-20(27)10-8-17-9-11-23(32)30(2)24(17)19/h8-11,13,18H,1,3-7,12,14-15H2,2H3/t18-/m1/s1. The molecule has 0 radical (unpaired) electrons. The van der Waals surface area contributed by atoms with E-state index in [0.29, 0.717) is 60.9 Å². The molecule has 35 heavy (non-hydrogen) atoms. The Kier molecular flexibility index (Phi) is 6.23. The highest BCUT2D eigenvalue weighted by molar-refractivity contribution is 5.88. The van der Waals surface area contributed by atoms with E-state index >= 15 is 0 Å². The van der Waals surface area contributed by atoms with Gasteiger partial charge in [-0.3, -0.25) is 9.69 Å². The number of carbonyl (C=O) groups is 1. The zero-order chi connectivity index (χ0) is 24.5. The van der Waals surface area contributed by atoms with Crippen LogP contribution in [0.2, 0.25) is 0 Å². The highest BCUT2D eigenvalue weighted by Crippen LogP contribution is 2.28. The Morgan fingerprint density at radius 3 is 2.86 bits per heavy atom. The molecule has 3 aromatic rings. The van der Waals surface area contributed by atoms with Crippen LogP contribution in [0.1, 0.15) is 36.9 Å². The van der Waals surface area contributed by atoms with Crippen LogP contribution in [-0.4, -0.2) is 39.9 Å². The number of hydrogen-bond donors (Lipinski definition) is 0. The zero-order valence-electron chi connectivity index (χ0n) is 19.6. The molecule has 2 aliphatic heterocycles. The van der Waals surface area contributed by atoms with Crippen LogP contribution in [0, 0.1) is 5.82 Å². The summed E-state index contributed by atoms with van der Waals surface area (Å²) in [6, 6.07) is 6.39. The van der Waals surface area contributed by atoms with Crippen molar-refractivity contribution in [2.45, 2.75) is 44.6 Å². The van der Waals surface area contributed by atoms with Gasteiger partial charge in [-0.15, -0.1) is 0 Å². The molecule has 0 N–H and O–H groups in total. The summed E-state index contributed by atoms with van der Waals surface area (Å²) in [4.78, 5) is 34.8. The summed E-state index contributed by atoms with van der Waals surface area (Å²) in [6.45, 7) is 4.77. The third-order valence-corrected chi connectivity index (χ3v) is 6.56. The Hall–Kier alpha value is -3.75. The molecule has 5 rings (SSSR count). The molecule has 182 valence electrons. The molecule has 2 aromatic heterocycles. The Morgan fingerprint density at radius 2 is 2.00 bits per heavy atom. The second kappa shape index (κ2) is 9.48. The van der Waals surface area contributed by atoms with Gasteiger partial charge < -0.3 is 14.0 Å². The van der Waals surface area contributed by atoms with E-state index in [-0.39, 0.29) is 17.5 Å². The number of ether oxygens (including phenoxy) is 2. The smallest absolute Gasteiger partial charge is 0.415 e. The van der Waals surface area contributed by atoms with E-state index < -0.39 is 6.09 Å². The molecular weight excluding hydrogens is 451 g/mol. The minimum absolute atomic E-state index is 0.155. The first-order chi connectivity index (χ1) is 16.9. The number of hydrogen-bond acceptors (Lipinski definition) is 6. The Labute approximate surface area is 202 Å². The normalized spacial score (nSPS) is 17.4. The number of unbranched alkanes of at least 4 members (excludes halogenated alkanes) is 2. The Balaban J connectivity index is 1.15. The lowest BCUT2D eigenvalue weighted by atomic mass is 10.0. The molecule has 0 unspecified atom stereocenters. The summed E-state index contributed by atoms with van der Waals surface area (Å²) >= 11 is 0. The molecule has 0 saturated carbocycles. The van der Waals surface area contributed by atoms with Gasteiger partial charge >= 0.3 is 6.09 Å². The molecule has 1 amide bonds. The van der Waals surface area contributed by atoms with Gasteiger partial charge in [0, 0.05) is 25.1 Å². The molecule has 1 saturated heterocycles. The number of pyridine rings is 1. The van der Waals surface area contributed by atoms with Crippen molar-refractivity contribution in [3.05, 3.63) is 70.0 Å².